The molecule has 0 amide bonds. The summed E-state index contributed by atoms with van der Waals surface area (Å²) in [5.74, 6) is 0.701. The standard InChI is InChI=1S/C7H11NO2/c1-4-7(5(2)9)6(3)10-8-4/h5,9H,1-3H3/t5-/m0/s1. The molecule has 10 heavy (non-hydrogen) atoms. The average molecular weight is 141 g/mol. The fourth-order valence-electron chi connectivity index (χ4n) is 1.09. The summed E-state index contributed by atoms with van der Waals surface area (Å²) in [6.07, 6.45) is -0.480. The molecule has 0 aliphatic carbocycles. The zero-order valence-electron chi connectivity index (χ0n) is 6.38. The van der Waals surface area contributed by atoms with Crippen LogP contribution in [0.3, 0.4) is 0 Å². The van der Waals surface area contributed by atoms with E-state index >= 15 is 0 Å². The van der Waals surface area contributed by atoms with E-state index in [0.29, 0.717) is 5.76 Å². The largest absolute Gasteiger partial charge is 0.389 e. The van der Waals surface area contributed by atoms with E-state index in [1.165, 1.54) is 0 Å². The van der Waals surface area contributed by atoms with Crippen molar-refractivity contribution in [2.24, 2.45) is 0 Å². The smallest absolute Gasteiger partial charge is 0.139 e. The van der Waals surface area contributed by atoms with E-state index < -0.39 is 6.10 Å². The third-order valence-corrected chi connectivity index (χ3v) is 1.51. The van der Waals surface area contributed by atoms with E-state index in [1.807, 2.05) is 6.92 Å². The number of nitrogens with zero attached hydrogens (tertiary/aromatic N) is 1. The zero-order valence-corrected chi connectivity index (χ0v) is 6.38. The summed E-state index contributed by atoms with van der Waals surface area (Å²) in [5.41, 5.74) is 1.58. The van der Waals surface area contributed by atoms with Crippen molar-refractivity contribution in [1.29, 1.82) is 0 Å². The molecule has 1 rings (SSSR count). The second-order valence-electron chi connectivity index (χ2n) is 2.41. The minimum absolute atomic E-state index is 0.480. The zero-order chi connectivity index (χ0) is 7.72. The van der Waals surface area contributed by atoms with Gasteiger partial charge in [0, 0.05) is 5.56 Å². The van der Waals surface area contributed by atoms with Crippen LogP contribution in [0, 0.1) is 13.8 Å². The molecule has 0 aliphatic rings. The number of rotatable bonds is 1. The first-order valence-electron chi connectivity index (χ1n) is 3.23. The molecular weight excluding hydrogens is 130 g/mol. The number of aromatic nitrogens is 1. The topological polar surface area (TPSA) is 46.3 Å². The van der Waals surface area contributed by atoms with E-state index in [2.05, 4.69) is 5.16 Å². The lowest BCUT2D eigenvalue weighted by Crippen LogP contribution is -1.93. The maximum atomic E-state index is 9.17. The van der Waals surface area contributed by atoms with Gasteiger partial charge in [0.25, 0.3) is 0 Å². The molecule has 1 aromatic heterocycles. The van der Waals surface area contributed by atoms with Crippen LogP contribution in [0.5, 0.6) is 0 Å². The highest BCUT2D eigenvalue weighted by Crippen LogP contribution is 2.19. The number of aliphatic hydroxyl groups is 1. The molecule has 1 N–H and O–H groups in total. The molecule has 56 valence electrons. The third-order valence-electron chi connectivity index (χ3n) is 1.51. The van der Waals surface area contributed by atoms with Gasteiger partial charge in [0.1, 0.15) is 5.76 Å². The molecule has 0 spiro atoms. The first-order valence-corrected chi connectivity index (χ1v) is 3.23. The van der Waals surface area contributed by atoms with Crippen LogP contribution in [0.25, 0.3) is 0 Å². The van der Waals surface area contributed by atoms with E-state index in [4.69, 9.17) is 4.52 Å². The molecule has 3 heteroatoms. The molecular formula is C7H11NO2. The summed E-state index contributed by atoms with van der Waals surface area (Å²) < 4.78 is 4.85. The summed E-state index contributed by atoms with van der Waals surface area (Å²) in [4.78, 5) is 0. The Morgan fingerprint density at radius 2 is 2.10 bits per heavy atom. The molecule has 0 bridgehead atoms. The van der Waals surface area contributed by atoms with Gasteiger partial charge >= 0.3 is 0 Å². The maximum Gasteiger partial charge on any atom is 0.139 e. The Kier molecular flexibility index (Phi) is 1.76. The van der Waals surface area contributed by atoms with Crippen molar-refractivity contribution in [2.75, 3.05) is 0 Å². The van der Waals surface area contributed by atoms with Gasteiger partial charge in [0.2, 0.25) is 0 Å². The summed E-state index contributed by atoms with van der Waals surface area (Å²) in [7, 11) is 0. The first kappa shape index (κ1) is 7.28. The Bertz CT molecular complexity index is 208. The van der Waals surface area contributed by atoms with Crippen LogP contribution in [-0.2, 0) is 0 Å². The first-order chi connectivity index (χ1) is 4.63. The normalized spacial score (nSPS) is 13.6. The Morgan fingerprint density at radius 3 is 2.30 bits per heavy atom. The van der Waals surface area contributed by atoms with Crippen LogP contribution < -0.4 is 0 Å². The van der Waals surface area contributed by atoms with Gasteiger partial charge in [-0.3, -0.25) is 0 Å². The maximum absolute atomic E-state index is 9.17. The number of aliphatic hydroxyl groups excluding tert-OH is 1. The molecule has 1 atom stereocenters. The highest BCUT2D eigenvalue weighted by Gasteiger charge is 2.12. The van der Waals surface area contributed by atoms with Gasteiger partial charge in [-0.25, -0.2) is 0 Å². The Labute approximate surface area is 59.7 Å². The SMILES string of the molecule is Cc1noc(C)c1[C@H](C)O. The van der Waals surface area contributed by atoms with E-state index in [1.54, 1.807) is 13.8 Å². The van der Waals surface area contributed by atoms with Crippen LogP contribution in [0.4, 0.5) is 0 Å². The van der Waals surface area contributed by atoms with Crippen LogP contribution in [0.2, 0.25) is 0 Å². The molecule has 0 fully saturated rings. The monoisotopic (exact) mass is 141 g/mol. The Morgan fingerprint density at radius 1 is 1.50 bits per heavy atom. The second-order valence-corrected chi connectivity index (χ2v) is 2.41. The second kappa shape index (κ2) is 2.42. The molecule has 3 nitrogen and oxygen atoms in total. The van der Waals surface area contributed by atoms with Gasteiger partial charge in [-0.2, -0.15) is 0 Å². The molecule has 0 radical (unpaired) electrons. The van der Waals surface area contributed by atoms with Gasteiger partial charge in [0.05, 0.1) is 11.8 Å². The van der Waals surface area contributed by atoms with Gasteiger partial charge in [-0.15, -0.1) is 0 Å². The highest BCUT2D eigenvalue weighted by molar-refractivity contribution is 5.22. The van der Waals surface area contributed by atoms with Crippen molar-refractivity contribution in [1.82, 2.24) is 5.16 Å². The van der Waals surface area contributed by atoms with Crippen molar-refractivity contribution in [3.8, 4) is 0 Å². The summed E-state index contributed by atoms with van der Waals surface area (Å²) >= 11 is 0. The van der Waals surface area contributed by atoms with Crippen molar-refractivity contribution >= 4 is 0 Å². The molecule has 1 aromatic rings. The van der Waals surface area contributed by atoms with Crippen molar-refractivity contribution in [3.05, 3.63) is 17.0 Å². The minimum Gasteiger partial charge on any atom is -0.389 e. The number of aryl methyl sites for hydroxylation is 2. The highest BCUT2D eigenvalue weighted by atomic mass is 16.5. The molecule has 0 aliphatic heterocycles. The molecule has 0 saturated heterocycles. The van der Waals surface area contributed by atoms with Crippen molar-refractivity contribution < 1.29 is 9.63 Å². The molecule has 0 saturated carbocycles. The van der Waals surface area contributed by atoms with Gasteiger partial charge in [0.15, 0.2) is 0 Å². The summed E-state index contributed by atoms with van der Waals surface area (Å²) in [6, 6.07) is 0. The Hall–Kier alpha value is -0.830. The van der Waals surface area contributed by atoms with Gasteiger partial charge < -0.3 is 9.63 Å². The third kappa shape index (κ3) is 1.04. The van der Waals surface area contributed by atoms with Crippen molar-refractivity contribution in [3.63, 3.8) is 0 Å². The predicted molar refractivity (Wildman–Crippen MR) is 36.6 cm³/mol. The van der Waals surface area contributed by atoms with Crippen LogP contribution in [-0.4, -0.2) is 10.3 Å². The van der Waals surface area contributed by atoms with Crippen LogP contribution in [0.1, 0.15) is 30.0 Å². The minimum atomic E-state index is -0.480. The lowest BCUT2D eigenvalue weighted by molar-refractivity contribution is 0.196. The lowest BCUT2D eigenvalue weighted by atomic mass is 10.1. The molecule has 0 unspecified atom stereocenters. The number of hydrogen-bond donors (Lipinski definition) is 1. The predicted octanol–water partition coefficient (Wildman–Crippen LogP) is 1.34. The van der Waals surface area contributed by atoms with Crippen LogP contribution in [0.15, 0.2) is 4.52 Å². The quantitative estimate of drug-likeness (QED) is 0.642. The summed E-state index contributed by atoms with van der Waals surface area (Å²) in [5, 5.41) is 12.9. The molecule has 0 aromatic carbocycles. The Balaban J connectivity index is 3.10. The van der Waals surface area contributed by atoms with E-state index in [-0.39, 0.29) is 0 Å². The lowest BCUT2D eigenvalue weighted by Gasteiger charge is -2.00. The summed E-state index contributed by atoms with van der Waals surface area (Å²) in [6.45, 7) is 5.31. The van der Waals surface area contributed by atoms with Crippen LogP contribution >= 0.6 is 0 Å². The van der Waals surface area contributed by atoms with Gasteiger partial charge in [-0.1, -0.05) is 5.16 Å². The average Bonchev–Trinajstić information content (AvgIpc) is 2.11. The fourth-order valence-corrected chi connectivity index (χ4v) is 1.09. The number of hydrogen-bond acceptors (Lipinski definition) is 3. The van der Waals surface area contributed by atoms with E-state index in [0.717, 1.165) is 11.3 Å². The van der Waals surface area contributed by atoms with Gasteiger partial charge in [-0.05, 0) is 20.8 Å². The molecule has 1 heterocycles. The fraction of sp³-hybridized carbons (Fsp3) is 0.571. The van der Waals surface area contributed by atoms with E-state index in [9.17, 15) is 5.11 Å². The van der Waals surface area contributed by atoms with Crippen molar-refractivity contribution in [2.45, 2.75) is 26.9 Å².